The fourth-order valence-electron chi connectivity index (χ4n) is 4.49. The van der Waals surface area contributed by atoms with Crippen LogP contribution in [0.5, 0.6) is 0 Å². The molecule has 1 fully saturated rings. The second kappa shape index (κ2) is 6.96. The van der Waals surface area contributed by atoms with Gasteiger partial charge in [-0.25, -0.2) is 0 Å². The molecule has 1 saturated carbocycles. The number of fused-ring (bicyclic) bond motifs is 1. The molecule has 0 saturated heterocycles. The molecule has 2 aromatic rings. The third kappa shape index (κ3) is 3.33. The topological polar surface area (TPSA) is 24.9 Å². The Labute approximate surface area is 145 Å². The Morgan fingerprint density at radius 2 is 1.71 bits per heavy atom. The number of aromatic nitrogens is 1. The van der Waals surface area contributed by atoms with E-state index in [1.165, 1.54) is 67.5 Å². The molecule has 126 valence electrons. The van der Waals surface area contributed by atoms with Gasteiger partial charge in [-0.15, -0.1) is 0 Å². The predicted octanol–water partition coefficient (Wildman–Crippen LogP) is 5.41. The first kappa shape index (κ1) is 15.7. The number of rotatable bonds is 3. The van der Waals surface area contributed by atoms with Crippen LogP contribution in [0, 0.1) is 6.92 Å². The Morgan fingerprint density at radius 1 is 0.958 bits per heavy atom. The zero-order valence-corrected chi connectivity index (χ0v) is 14.7. The fourth-order valence-corrected chi connectivity index (χ4v) is 4.49. The van der Waals surface area contributed by atoms with Crippen molar-refractivity contribution in [2.24, 2.45) is 0 Å². The molecule has 2 heteroatoms. The first-order chi connectivity index (χ1) is 11.8. The summed E-state index contributed by atoms with van der Waals surface area (Å²) in [5.74, 6) is 0.748. The molecule has 0 atom stereocenters. The van der Waals surface area contributed by atoms with Crippen LogP contribution in [0.25, 0.3) is 0 Å². The molecule has 0 radical (unpaired) electrons. The van der Waals surface area contributed by atoms with Gasteiger partial charge in [0, 0.05) is 23.1 Å². The molecule has 0 aliphatic heterocycles. The van der Waals surface area contributed by atoms with E-state index < -0.39 is 0 Å². The van der Waals surface area contributed by atoms with Crippen molar-refractivity contribution in [2.75, 3.05) is 5.32 Å². The van der Waals surface area contributed by atoms with Gasteiger partial charge in [0.15, 0.2) is 0 Å². The summed E-state index contributed by atoms with van der Waals surface area (Å²) in [6, 6.07) is 13.9. The van der Waals surface area contributed by atoms with Gasteiger partial charge in [0.05, 0.1) is 0 Å². The van der Waals surface area contributed by atoms with Crippen LogP contribution in [0.2, 0.25) is 0 Å². The fraction of sp³-hybridized carbons (Fsp3) is 0.500. The first-order valence-corrected chi connectivity index (χ1v) is 9.60. The number of nitrogens with zero attached hydrogens (tertiary/aromatic N) is 1. The van der Waals surface area contributed by atoms with Crippen molar-refractivity contribution in [1.82, 2.24) is 4.98 Å². The van der Waals surface area contributed by atoms with Gasteiger partial charge in [-0.3, -0.25) is 4.98 Å². The molecular weight excluding hydrogens is 292 g/mol. The summed E-state index contributed by atoms with van der Waals surface area (Å²) in [6.07, 6.45) is 10.1. The van der Waals surface area contributed by atoms with Crippen molar-refractivity contribution in [2.45, 2.75) is 70.3 Å². The normalized spacial score (nSPS) is 23.5. The maximum Gasteiger partial charge on any atom is 0.0459 e. The van der Waals surface area contributed by atoms with Crippen molar-refractivity contribution in [1.29, 1.82) is 0 Å². The summed E-state index contributed by atoms with van der Waals surface area (Å²) in [6.45, 7) is 2.13. The van der Waals surface area contributed by atoms with Gasteiger partial charge < -0.3 is 5.32 Å². The van der Waals surface area contributed by atoms with Crippen LogP contribution in [0.4, 0.5) is 5.69 Å². The van der Waals surface area contributed by atoms with Crippen molar-refractivity contribution in [3.05, 3.63) is 58.9 Å². The zero-order chi connectivity index (χ0) is 16.4. The van der Waals surface area contributed by atoms with Crippen LogP contribution >= 0.6 is 0 Å². The summed E-state index contributed by atoms with van der Waals surface area (Å²) >= 11 is 0. The van der Waals surface area contributed by atoms with Crippen LogP contribution in [0.15, 0.2) is 36.4 Å². The molecule has 0 amide bonds. The summed E-state index contributed by atoms with van der Waals surface area (Å²) < 4.78 is 0. The molecule has 2 aliphatic carbocycles. The number of anilines is 1. The average molecular weight is 320 g/mol. The van der Waals surface area contributed by atoms with Crippen LogP contribution < -0.4 is 5.32 Å². The number of hydrogen-bond acceptors (Lipinski definition) is 2. The molecular formula is C22H28N2. The van der Waals surface area contributed by atoms with Crippen LogP contribution in [-0.4, -0.2) is 11.0 Å². The van der Waals surface area contributed by atoms with Crippen molar-refractivity contribution >= 4 is 5.69 Å². The molecule has 4 rings (SSSR count). The van der Waals surface area contributed by atoms with Gasteiger partial charge >= 0.3 is 0 Å². The second-order valence-electron chi connectivity index (χ2n) is 7.55. The van der Waals surface area contributed by atoms with Crippen LogP contribution in [0.1, 0.15) is 67.0 Å². The highest BCUT2D eigenvalue weighted by molar-refractivity contribution is 5.55. The Bertz CT molecular complexity index is 685. The number of aryl methyl sites for hydroxylation is 2. The van der Waals surface area contributed by atoms with Crippen molar-refractivity contribution in [3.8, 4) is 0 Å². The van der Waals surface area contributed by atoms with E-state index in [-0.39, 0.29) is 0 Å². The third-order valence-corrected chi connectivity index (χ3v) is 5.79. The van der Waals surface area contributed by atoms with Crippen LogP contribution in [0.3, 0.4) is 0 Å². The summed E-state index contributed by atoms with van der Waals surface area (Å²) in [7, 11) is 0. The highest BCUT2D eigenvalue weighted by Gasteiger charge is 2.24. The van der Waals surface area contributed by atoms with E-state index in [1.54, 1.807) is 0 Å². The number of hydrogen-bond donors (Lipinski definition) is 1. The maximum atomic E-state index is 4.78. The lowest BCUT2D eigenvalue weighted by Crippen LogP contribution is -2.26. The number of pyridine rings is 1. The number of benzene rings is 1. The molecule has 1 heterocycles. The van der Waals surface area contributed by atoms with E-state index in [0.717, 1.165) is 18.0 Å². The van der Waals surface area contributed by atoms with E-state index in [1.807, 2.05) is 0 Å². The van der Waals surface area contributed by atoms with Gasteiger partial charge in [0.25, 0.3) is 0 Å². The largest absolute Gasteiger partial charge is 0.382 e. The molecule has 24 heavy (non-hydrogen) atoms. The maximum absolute atomic E-state index is 4.78. The molecule has 1 N–H and O–H groups in total. The minimum absolute atomic E-state index is 0.623. The van der Waals surface area contributed by atoms with Gasteiger partial charge in [-0.05, 0) is 81.4 Å². The standard InChI is InChI=1S/C22H28N2/c1-16-15-22(20-9-5-6-10-21(20)23-16)24-19-13-11-18(12-14-19)17-7-3-2-4-8-17/h2-4,7-8,15,18-19H,5-6,9-14H2,1H3,(H,23,24)/t18-,19-. The van der Waals surface area contributed by atoms with Crippen molar-refractivity contribution in [3.63, 3.8) is 0 Å². The summed E-state index contributed by atoms with van der Waals surface area (Å²) in [5, 5.41) is 3.88. The molecule has 0 bridgehead atoms. The Hall–Kier alpha value is -1.83. The van der Waals surface area contributed by atoms with E-state index in [0.29, 0.717) is 6.04 Å². The van der Waals surface area contributed by atoms with E-state index in [9.17, 15) is 0 Å². The Morgan fingerprint density at radius 3 is 2.50 bits per heavy atom. The highest BCUT2D eigenvalue weighted by atomic mass is 14.9. The minimum Gasteiger partial charge on any atom is -0.382 e. The SMILES string of the molecule is Cc1cc(N[C@H]2CC[C@H](c3ccccc3)CC2)c2c(n1)CCCC2. The van der Waals surface area contributed by atoms with E-state index in [2.05, 4.69) is 48.6 Å². The quantitative estimate of drug-likeness (QED) is 0.818. The van der Waals surface area contributed by atoms with E-state index in [4.69, 9.17) is 4.98 Å². The monoisotopic (exact) mass is 320 g/mol. The Kier molecular flexibility index (Phi) is 4.55. The average Bonchev–Trinajstić information content (AvgIpc) is 2.63. The molecule has 1 aromatic carbocycles. The molecule has 2 aliphatic rings. The van der Waals surface area contributed by atoms with Crippen LogP contribution in [-0.2, 0) is 12.8 Å². The van der Waals surface area contributed by atoms with Gasteiger partial charge in [-0.2, -0.15) is 0 Å². The Balaban J connectivity index is 1.43. The smallest absolute Gasteiger partial charge is 0.0459 e. The lowest BCUT2D eigenvalue weighted by atomic mass is 9.81. The molecule has 0 unspecified atom stereocenters. The molecule has 0 spiro atoms. The lowest BCUT2D eigenvalue weighted by molar-refractivity contribution is 0.412. The van der Waals surface area contributed by atoms with E-state index >= 15 is 0 Å². The lowest BCUT2D eigenvalue weighted by Gasteiger charge is -2.31. The predicted molar refractivity (Wildman–Crippen MR) is 101 cm³/mol. The summed E-state index contributed by atoms with van der Waals surface area (Å²) in [4.78, 5) is 4.78. The molecule has 1 aromatic heterocycles. The number of nitrogens with one attached hydrogen (secondary N) is 1. The third-order valence-electron chi connectivity index (χ3n) is 5.79. The zero-order valence-electron chi connectivity index (χ0n) is 14.7. The minimum atomic E-state index is 0.623. The van der Waals surface area contributed by atoms with Gasteiger partial charge in [0.2, 0.25) is 0 Å². The highest BCUT2D eigenvalue weighted by Crippen LogP contribution is 2.35. The van der Waals surface area contributed by atoms with Crippen molar-refractivity contribution < 1.29 is 0 Å². The van der Waals surface area contributed by atoms with Gasteiger partial charge in [0.1, 0.15) is 0 Å². The second-order valence-corrected chi connectivity index (χ2v) is 7.55. The van der Waals surface area contributed by atoms with Gasteiger partial charge in [-0.1, -0.05) is 30.3 Å². The summed E-state index contributed by atoms with van der Waals surface area (Å²) in [5.41, 5.74) is 6.91. The first-order valence-electron chi connectivity index (χ1n) is 9.60. The molecule has 2 nitrogen and oxygen atoms in total.